The molecule has 0 aliphatic carbocycles. The minimum Gasteiger partial charge on any atom is -0.382 e. The number of aromatic nitrogens is 2. The highest BCUT2D eigenvalue weighted by Crippen LogP contribution is 2.28. The predicted octanol–water partition coefficient (Wildman–Crippen LogP) is 2.39. The molecule has 7 heteroatoms. The molecule has 3 N–H and O–H groups in total. The lowest BCUT2D eigenvalue weighted by molar-refractivity contribution is 0.569. The van der Waals surface area contributed by atoms with Crippen molar-refractivity contribution in [3.05, 3.63) is 36.2 Å². The van der Waals surface area contributed by atoms with Crippen LogP contribution >= 0.6 is 0 Å². The van der Waals surface area contributed by atoms with E-state index in [-0.39, 0.29) is 5.41 Å². The van der Waals surface area contributed by atoms with Crippen LogP contribution in [-0.2, 0) is 15.4 Å². The zero-order valence-corrected chi connectivity index (χ0v) is 13.9. The molecule has 0 fully saturated rings. The standard InChI is InChI=1S/C15H20N4O2S/c1-15(2,3)13-14(16)17-9-12(18-13)10-6-5-7-11(8-10)19-22(4,20)21/h5-9,19H,1-4H3,(H2,16,17). The molecule has 0 saturated carbocycles. The Kier molecular flexibility index (Phi) is 4.10. The molecule has 0 saturated heterocycles. The summed E-state index contributed by atoms with van der Waals surface area (Å²) >= 11 is 0. The summed E-state index contributed by atoms with van der Waals surface area (Å²) in [7, 11) is -3.32. The Morgan fingerprint density at radius 2 is 1.91 bits per heavy atom. The molecule has 2 rings (SSSR count). The van der Waals surface area contributed by atoms with Crippen LogP contribution in [0.25, 0.3) is 11.3 Å². The van der Waals surface area contributed by atoms with Gasteiger partial charge >= 0.3 is 0 Å². The monoisotopic (exact) mass is 320 g/mol. The third-order valence-electron chi connectivity index (χ3n) is 2.97. The van der Waals surface area contributed by atoms with Gasteiger partial charge in [-0.15, -0.1) is 0 Å². The number of nitrogens with zero attached hydrogens (tertiary/aromatic N) is 2. The van der Waals surface area contributed by atoms with Crippen molar-refractivity contribution in [1.29, 1.82) is 0 Å². The average Bonchev–Trinajstić information content (AvgIpc) is 2.36. The smallest absolute Gasteiger partial charge is 0.229 e. The summed E-state index contributed by atoms with van der Waals surface area (Å²) in [6.07, 6.45) is 2.70. The molecular weight excluding hydrogens is 300 g/mol. The van der Waals surface area contributed by atoms with Crippen LogP contribution in [0, 0.1) is 0 Å². The van der Waals surface area contributed by atoms with E-state index in [2.05, 4.69) is 14.7 Å². The van der Waals surface area contributed by atoms with Crippen LogP contribution in [0.5, 0.6) is 0 Å². The molecule has 0 aliphatic rings. The van der Waals surface area contributed by atoms with E-state index in [9.17, 15) is 8.42 Å². The lowest BCUT2D eigenvalue weighted by Gasteiger charge is -2.19. The van der Waals surface area contributed by atoms with Crippen LogP contribution < -0.4 is 10.5 Å². The van der Waals surface area contributed by atoms with Gasteiger partial charge in [-0.25, -0.2) is 18.4 Å². The lowest BCUT2D eigenvalue weighted by Crippen LogP contribution is -2.17. The van der Waals surface area contributed by atoms with E-state index >= 15 is 0 Å². The molecule has 1 aromatic carbocycles. The summed E-state index contributed by atoms with van der Waals surface area (Å²) in [5, 5.41) is 0. The van der Waals surface area contributed by atoms with Crippen molar-refractivity contribution in [3.8, 4) is 11.3 Å². The van der Waals surface area contributed by atoms with Gasteiger partial charge in [-0.2, -0.15) is 0 Å². The topological polar surface area (TPSA) is 98.0 Å². The quantitative estimate of drug-likeness (QED) is 0.905. The second-order valence-electron chi connectivity index (χ2n) is 6.19. The number of benzene rings is 1. The fourth-order valence-electron chi connectivity index (χ4n) is 2.05. The van der Waals surface area contributed by atoms with Crippen molar-refractivity contribution in [2.24, 2.45) is 0 Å². The Morgan fingerprint density at radius 3 is 2.50 bits per heavy atom. The van der Waals surface area contributed by atoms with Gasteiger partial charge in [-0.1, -0.05) is 32.9 Å². The van der Waals surface area contributed by atoms with Gasteiger partial charge in [0, 0.05) is 16.7 Å². The molecule has 0 atom stereocenters. The van der Waals surface area contributed by atoms with E-state index in [1.807, 2.05) is 26.8 Å². The summed E-state index contributed by atoms with van der Waals surface area (Å²) in [6, 6.07) is 7.01. The maximum absolute atomic E-state index is 11.3. The third-order valence-corrected chi connectivity index (χ3v) is 3.58. The molecule has 1 aromatic heterocycles. The Balaban J connectivity index is 2.47. The number of rotatable bonds is 3. The number of hydrogen-bond acceptors (Lipinski definition) is 5. The molecule has 0 spiro atoms. The summed E-state index contributed by atoms with van der Waals surface area (Å²) in [5.41, 5.74) is 8.29. The van der Waals surface area contributed by atoms with Crippen LogP contribution in [-0.4, -0.2) is 24.6 Å². The third kappa shape index (κ3) is 3.94. The van der Waals surface area contributed by atoms with Gasteiger partial charge in [0.15, 0.2) is 0 Å². The largest absolute Gasteiger partial charge is 0.382 e. The van der Waals surface area contributed by atoms with E-state index in [0.29, 0.717) is 22.9 Å². The number of nitrogens with two attached hydrogens (primary N) is 1. The maximum Gasteiger partial charge on any atom is 0.229 e. The van der Waals surface area contributed by atoms with Gasteiger partial charge in [0.05, 0.1) is 23.8 Å². The highest BCUT2D eigenvalue weighted by Gasteiger charge is 2.20. The van der Waals surface area contributed by atoms with E-state index in [1.165, 1.54) is 0 Å². The summed E-state index contributed by atoms with van der Waals surface area (Å²) in [6.45, 7) is 6.04. The molecule has 0 radical (unpaired) electrons. The maximum atomic E-state index is 11.3. The normalized spacial score (nSPS) is 12.2. The van der Waals surface area contributed by atoms with Crippen molar-refractivity contribution in [2.45, 2.75) is 26.2 Å². The van der Waals surface area contributed by atoms with E-state index in [1.54, 1.807) is 24.4 Å². The zero-order valence-electron chi connectivity index (χ0n) is 13.1. The molecule has 1 heterocycles. The van der Waals surface area contributed by atoms with Crippen molar-refractivity contribution < 1.29 is 8.42 Å². The Labute approximate surface area is 130 Å². The van der Waals surface area contributed by atoms with Gasteiger partial charge in [-0.3, -0.25) is 4.72 Å². The lowest BCUT2D eigenvalue weighted by atomic mass is 9.91. The van der Waals surface area contributed by atoms with Crippen LogP contribution in [0.4, 0.5) is 11.5 Å². The van der Waals surface area contributed by atoms with E-state index < -0.39 is 10.0 Å². The van der Waals surface area contributed by atoms with Gasteiger partial charge in [-0.05, 0) is 12.1 Å². The molecule has 0 amide bonds. The highest BCUT2D eigenvalue weighted by molar-refractivity contribution is 7.92. The van der Waals surface area contributed by atoms with Gasteiger partial charge in [0.2, 0.25) is 10.0 Å². The molecule has 0 aliphatic heterocycles. The molecular formula is C15H20N4O2S. The molecule has 6 nitrogen and oxygen atoms in total. The van der Waals surface area contributed by atoms with Gasteiger partial charge in [0.25, 0.3) is 0 Å². The van der Waals surface area contributed by atoms with Crippen molar-refractivity contribution in [3.63, 3.8) is 0 Å². The number of sulfonamides is 1. The second kappa shape index (κ2) is 5.57. The SMILES string of the molecule is CC(C)(C)c1nc(-c2cccc(NS(C)(=O)=O)c2)cnc1N. The minimum atomic E-state index is -3.32. The van der Waals surface area contributed by atoms with Crippen molar-refractivity contribution >= 4 is 21.5 Å². The van der Waals surface area contributed by atoms with Crippen LogP contribution in [0.15, 0.2) is 30.5 Å². The van der Waals surface area contributed by atoms with Gasteiger partial charge in [0.1, 0.15) is 5.82 Å². The molecule has 118 valence electrons. The fraction of sp³-hybridized carbons (Fsp3) is 0.333. The summed E-state index contributed by atoms with van der Waals surface area (Å²) in [5.74, 6) is 0.404. The van der Waals surface area contributed by atoms with Crippen molar-refractivity contribution in [1.82, 2.24) is 9.97 Å². The number of nitrogens with one attached hydrogen (secondary N) is 1. The van der Waals surface area contributed by atoms with E-state index in [4.69, 9.17) is 5.73 Å². The molecule has 22 heavy (non-hydrogen) atoms. The van der Waals surface area contributed by atoms with Crippen LogP contribution in [0.2, 0.25) is 0 Å². The Morgan fingerprint density at radius 1 is 1.23 bits per heavy atom. The predicted molar refractivity (Wildman–Crippen MR) is 89.0 cm³/mol. The van der Waals surface area contributed by atoms with Gasteiger partial charge < -0.3 is 5.73 Å². The minimum absolute atomic E-state index is 0.226. The Hall–Kier alpha value is -2.15. The molecule has 0 bridgehead atoms. The highest BCUT2D eigenvalue weighted by atomic mass is 32.2. The fourth-order valence-corrected chi connectivity index (χ4v) is 2.60. The number of nitrogen functional groups attached to an aromatic ring is 1. The molecule has 2 aromatic rings. The number of anilines is 2. The number of hydrogen-bond donors (Lipinski definition) is 2. The summed E-state index contributed by atoms with van der Waals surface area (Å²) in [4.78, 5) is 8.79. The first-order valence-electron chi connectivity index (χ1n) is 6.77. The van der Waals surface area contributed by atoms with Crippen LogP contribution in [0.1, 0.15) is 26.5 Å². The zero-order chi connectivity index (χ0) is 16.5. The van der Waals surface area contributed by atoms with E-state index in [0.717, 1.165) is 11.8 Å². The summed E-state index contributed by atoms with van der Waals surface area (Å²) < 4.78 is 25.1. The average molecular weight is 320 g/mol. The first-order chi connectivity index (χ1) is 10.1. The van der Waals surface area contributed by atoms with Crippen molar-refractivity contribution in [2.75, 3.05) is 16.7 Å². The first kappa shape index (κ1) is 16.2. The van der Waals surface area contributed by atoms with Crippen LogP contribution in [0.3, 0.4) is 0 Å². The first-order valence-corrected chi connectivity index (χ1v) is 8.66. The molecule has 0 unspecified atom stereocenters. The Bertz CT molecular complexity index is 795. The second-order valence-corrected chi connectivity index (χ2v) is 7.94.